The van der Waals surface area contributed by atoms with Crippen molar-refractivity contribution in [3.63, 3.8) is 0 Å². The molecule has 0 aliphatic carbocycles. The predicted molar refractivity (Wildman–Crippen MR) is 78.6 cm³/mol. The molecule has 1 aromatic rings. The smallest absolute Gasteiger partial charge is 0.123 e. The minimum atomic E-state index is -0.215. The van der Waals surface area contributed by atoms with Crippen LogP contribution < -0.4 is 5.73 Å². The van der Waals surface area contributed by atoms with E-state index in [-0.39, 0.29) is 11.9 Å². The summed E-state index contributed by atoms with van der Waals surface area (Å²) in [6.07, 6.45) is 2.00. The first-order chi connectivity index (χ1) is 8.99. The minimum Gasteiger partial charge on any atom is -0.324 e. The van der Waals surface area contributed by atoms with Crippen molar-refractivity contribution in [1.82, 2.24) is 9.80 Å². The van der Waals surface area contributed by atoms with Crippen LogP contribution in [0.25, 0.3) is 0 Å². The normalized spacial score (nSPS) is 13.2. The fourth-order valence-corrected chi connectivity index (χ4v) is 2.03. The summed E-state index contributed by atoms with van der Waals surface area (Å²) in [4.78, 5) is 4.47. The molecule has 0 spiro atoms. The quantitative estimate of drug-likeness (QED) is 0.783. The molecule has 0 saturated carbocycles. The maximum Gasteiger partial charge on any atom is 0.123 e. The molecule has 2 N–H and O–H groups in total. The fraction of sp³-hybridized carbons (Fsp3) is 0.600. The van der Waals surface area contributed by atoms with Crippen LogP contribution in [0.5, 0.6) is 0 Å². The van der Waals surface area contributed by atoms with Gasteiger partial charge in [-0.1, -0.05) is 12.1 Å². The molecule has 1 unspecified atom stereocenters. The van der Waals surface area contributed by atoms with Crippen LogP contribution in [0, 0.1) is 5.82 Å². The highest BCUT2D eigenvalue weighted by Gasteiger charge is 2.08. The van der Waals surface area contributed by atoms with E-state index in [0.29, 0.717) is 0 Å². The minimum absolute atomic E-state index is 0.0907. The Morgan fingerprint density at radius 3 is 2.53 bits per heavy atom. The Morgan fingerprint density at radius 1 is 1.16 bits per heavy atom. The number of hydrogen-bond donors (Lipinski definition) is 1. The van der Waals surface area contributed by atoms with Gasteiger partial charge in [-0.2, -0.15) is 0 Å². The zero-order valence-electron chi connectivity index (χ0n) is 12.3. The first kappa shape index (κ1) is 16.1. The Labute approximate surface area is 116 Å². The fourth-order valence-electron chi connectivity index (χ4n) is 2.03. The van der Waals surface area contributed by atoms with Crippen molar-refractivity contribution in [3.05, 3.63) is 35.6 Å². The van der Waals surface area contributed by atoms with Crippen molar-refractivity contribution >= 4 is 0 Å². The van der Waals surface area contributed by atoms with E-state index in [9.17, 15) is 4.39 Å². The highest BCUT2D eigenvalue weighted by Crippen LogP contribution is 2.15. The van der Waals surface area contributed by atoms with Crippen LogP contribution >= 0.6 is 0 Å². The lowest BCUT2D eigenvalue weighted by Gasteiger charge is -2.20. The molecule has 4 heteroatoms. The van der Waals surface area contributed by atoms with Gasteiger partial charge in [-0.05, 0) is 71.3 Å². The number of nitrogens with two attached hydrogens (primary N) is 1. The van der Waals surface area contributed by atoms with Crippen LogP contribution in [0.2, 0.25) is 0 Å². The average molecular weight is 267 g/mol. The molecule has 3 nitrogen and oxygen atoms in total. The molecule has 19 heavy (non-hydrogen) atoms. The van der Waals surface area contributed by atoms with E-state index in [1.165, 1.54) is 12.1 Å². The molecule has 0 saturated heterocycles. The number of hydrogen-bond acceptors (Lipinski definition) is 3. The van der Waals surface area contributed by atoms with Crippen molar-refractivity contribution in [2.45, 2.75) is 18.9 Å². The van der Waals surface area contributed by atoms with E-state index in [2.05, 4.69) is 30.9 Å². The Kier molecular flexibility index (Phi) is 6.99. The molecule has 0 amide bonds. The van der Waals surface area contributed by atoms with Gasteiger partial charge in [-0.25, -0.2) is 4.39 Å². The summed E-state index contributed by atoms with van der Waals surface area (Å²) in [5.41, 5.74) is 6.96. The first-order valence-electron chi connectivity index (χ1n) is 6.83. The van der Waals surface area contributed by atoms with Gasteiger partial charge in [-0.15, -0.1) is 0 Å². The van der Waals surface area contributed by atoms with Crippen LogP contribution in [-0.2, 0) is 0 Å². The van der Waals surface area contributed by atoms with E-state index < -0.39 is 0 Å². The lowest BCUT2D eigenvalue weighted by molar-refractivity contribution is 0.291. The van der Waals surface area contributed by atoms with Gasteiger partial charge >= 0.3 is 0 Å². The zero-order valence-corrected chi connectivity index (χ0v) is 12.3. The molecular formula is C15H26FN3. The summed E-state index contributed by atoms with van der Waals surface area (Å²) in [5, 5.41) is 0. The van der Waals surface area contributed by atoms with E-state index in [4.69, 9.17) is 5.73 Å². The van der Waals surface area contributed by atoms with Crippen LogP contribution in [0.15, 0.2) is 24.3 Å². The monoisotopic (exact) mass is 267 g/mol. The molecule has 108 valence electrons. The van der Waals surface area contributed by atoms with E-state index in [1.54, 1.807) is 6.07 Å². The van der Waals surface area contributed by atoms with Crippen LogP contribution in [0.1, 0.15) is 24.4 Å². The molecule has 0 bridgehead atoms. The molecular weight excluding hydrogens is 241 g/mol. The van der Waals surface area contributed by atoms with Crippen LogP contribution in [0.3, 0.4) is 0 Å². The molecule has 0 aromatic heterocycles. The lowest BCUT2D eigenvalue weighted by atomic mass is 10.0. The lowest BCUT2D eigenvalue weighted by Crippen LogP contribution is -2.27. The van der Waals surface area contributed by atoms with Gasteiger partial charge in [0.1, 0.15) is 5.82 Å². The van der Waals surface area contributed by atoms with E-state index in [1.807, 2.05) is 6.07 Å². The first-order valence-corrected chi connectivity index (χ1v) is 6.83. The van der Waals surface area contributed by atoms with Gasteiger partial charge in [0.15, 0.2) is 0 Å². The Hall–Kier alpha value is -0.970. The zero-order chi connectivity index (χ0) is 14.3. The second-order valence-electron chi connectivity index (χ2n) is 5.41. The van der Waals surface area contributed by atoms with E-state index >= 15 is 0 Å². The van der Waals surface area contributed by atoms with Gasteiger partial charge in [0.2, 0.25) is 0 Å². The van der Waals surface area contributed by atoms with Crippen molar-refractivity contribution in [1.29, 1.82) is 0 Å². The number of benzene rings is 1. The average Bonchev–Trinajstić information content (AvgIpc) is 2.35. The summed E-state index contributed by atoms with van der Waals surface area (Å²) in [6, 6.07) is 6.48. The third-order valence-electron chi connectivity index (χ3n) is 3.24. The molecule has 1 atom stereocenters. The summed E-state index contributed by atoms with van der Waals surface area (Å²) in [5.74, 6) is -0.215. The molecule has 0 radical (unpaired) electrons. The van der Waals surface area contributed by atoms with Crippen molar-refractivity contribution < 1.29 is 4.39 Å². The summed E-state index contributed by atoms with van der Waals surface area (Å²) < 4.78 is 13.1. The maximum atomic E-state index is 13.1. The second kappa shape index (κ2) is 8.25. The molecule has 0 aliphatic rings. The van der Waals surface area contributed by atoms with Crippen molar-refractivity contribution in [2.24, 2.45) is 5.73 Å². The molecule has 0 aliphatic heterocycles. The SMILES string of the molecule is CN(C)CCCN(C)CCC(N)c1cccc(F)c1. The van der Waals surface area contributed by atoms with Gasteiger partial charge in [-0.3, -0.25) is 0 Å². The van der Waals surface area contributed by atoms with Crippen molar-refractivity contribution in [3.8, 4) is 0 Å². The number of rotatable bonds is 8. The molecule has 0 fully saturated rings. The summed E-state index contributed by atoms with van der Waals surface area (Å²) in [6.45, 7) is 3.10. The Bertz CT molecular complexity index is 368. The summed E-state index contributed by atoms with van der Waals surface area (Å²) in [7, 11) is 6.27. The largest absolute Gasteiger partial charge is 0.324 e. The van der Waals surface area contributed by atoms with Crippen LogP contribution in [0.4, 0.5) is 4.39 Å². The summed E-state index contributed by atoms with van der Waals surface area (Å²) >= 11 is 0. The van der Waals surface area contributed by atoms with Gasteiger partial charge in [0, 0.05) is 6.04 Å². The molecule has 1 rings (SSSR count). The van der Waals surface area contributed by atoms with E-state index in [0.717, 1.165) is 38.0 Å². The Morgan fingerprint density at radius 2 is 1.89 bits per heavy atom. The topological polar surface area (TPSA) is 32.5 Å². The highest BCUT2D eigenvalue weighted by molar-refractivity contribution is 5.19. The number of halogens is 1. The molecule has 1 aromatic carbocycles. The standard InChI is InChI=1S/C15H26FN3/c1-18(2)9-5-10-19(3)11-8-15(17)13-6-4-7-14(16)12-13/h4,6-7,12,15H,5,8-11,17H2,1-3H3. The Balaban J connectivity index is 2.27. The second-order valence-corrected chi connectivity index (χ2v) is 5.41. The highest BCUT2D eigenvalue weighted by atomic mass is 19.1. The third kappa shape index (κ3) is 6.66. The molecule has 0 heterocycles. The van der Waals surface area contributed by atoms with Gasteiger partial charge in [0.05, 0.1) is 0 Å². The van der Waals surface area contributed by atoms with Gasteiger partial charge in [0.25, 0.3) is 0 Å². The maximum absolute atomic E-state index is 13.1. The van der Waals surface area contributed by atoms with Gasteiger partial charge < -0.3 is 15.5 Å². The number of nitrogens with zero attached hydrogens (tertiary/aromatic N) is 2. The van der Waals surface area contributed by atoms with Crippen molar-refractivity contribution in [2.75, 3.05) is 40.8 Å². The predicted octanol–water partition coefficient (Wildman–Crippen LogP) is 2.10. The third-order valence-corrected chi connectivity index (χ3v) is 3.24. The van der Waals surface area contributed by atoms with Crippen LogP contribution in [-0.4, -0.2) is 50.6 Å².